The Kier molecular flexibility index (Phi) is 5.53. The Morgan fingerprint density at radius 3 is 2.76 bits per heavy atom. The van der Waals surface area contributed by atoms with Crippen molar-refractivity contribution in [2.45, 2.75) is 37.2 Å². The molecular weight excluding hydrogens is 391 g/mol. The third-order valence-corrected chi connectivity index (χ3v) is 5.80. The lowest BCUT2D eigenvalue weighted by Gasteiger charge is -2.11. The summed E-state index contributed by atoms with van der Waals surface area (Å²) in [5, 5.41) is 9.92. The Bertz CT molecular complexity index is 1230. The van der Waals surface area contributed by atoms with Gasteiger partial charge in [0.15, 0.2) is 16.7 Å². The van der Waals surface area contributed by atoms with E-state index in [1.54, 1.807) is 10.6 Å². The van der Waals surface area contributed by atoms with Gasteiger partial charge in [0.1, 0.15) is 0 Å². The minimum Gasteiger partial charge on any atom is -0.494 e. The fraction of sp³-hybridized carbons (Fsp3) is 0.286. The fourth-order valence-electron chi connectivity index (χ4n) is 3.29. The summed E-state index contributed by atoms with van der Waals surface area (Å²) in [6.45, 7) is 2.68. The topological polar surface area (TPSA) is 61.4 Å². The first-order chi connectivity index (χ1) is 14.1. The van der Waals surface area contributed by atoms with Gasteiger partial charge >= 0.3 is 0 Å². The molecule has 4 aromatic rings. The van der Waals surface area contributed by atoms with Crippen LogP contribution in [0.4, 0.5) is 4.39 Å². The van der Waals surface area contributed by atoms with Crippen molar-refractivity contribution in [3.05, 3.63) is 64.2 Å². The van der Waals surface area contributed by atoms with Crippen molar-refractivity contribution in [3.8, 4) is 5.75 Å². The van der Waals surface area contributed by atoms with Gasteiger partial charge in [-0.25, -0.2) is 4.39 Å². The van der Waals surface area contributed by atoms with Crippen LogP contribution in [0.5, 0.6) is 5.75 Å². The van der Waals surface area contributed by atoms with Gasteiger partial charge < -0.3 is 4.74 Å². The van der Waals surface area contributed by atoms with Crippen molar-refractivity contribution < 1.29 is 9.13 Å². The number of para-hydroxylation sites is 1. The number of hydrogen-bond donors (Lipinski definition) is 0. The summed E-state index contributed by atoms with van der Waals surface area (Å²) in [5.41, 5.74) is 1.53. The zero-order valence-electron chi connectivity index (χ0n) is 16.3. The molecule has 0 aliphatic heterocycles. The van der Waals surface area contributed by atoms with E-state index in [1.807, 2.05) is 34.7 Å². The summed E-state index contributed by atoms with van der Waals surface area (Å²) >= 11 is 1.45. The number of halogens is 1. The third kappa shape index (κ3) is 3.60. The van der Waals surface area contributed by atoms with Crippen LogP contribution in [0.25, 0.3) is 16.7 Å². The van der Waals surface area contributed by atoms with Crippen LogP contribution in [0.15, 0.2) is 52.4 Å². The fourth-order valence-corrected chi connectivity index (χ4v) is 4.18. The van der Waals surface area contributed by atoms with Gasteiger partial charge in [0.25, 0.3) is 5.56 Å². The molecule has 0 amide bonds. The highest BCUT2D eigenvalue weighted by Crippen LogP contribution is 2.26. The highest BCUT2D eigenvalue weighted by molar-refractivity contribution is 7.98. The summed E-state index contributed by atoms with van der Waals surface area (Å²) in [6, 6.07) is 12.4. The molecule has 0 aliphatic rings. The minimum atomic E-state index is -0.393. The molecule has 0 radical (unpaired) electrons. The van der Waals surface area contributed by atoms with Crippen LogP contribution >= 0.6 is 11.8 Å². The summed E-state index contributed by atoms with van der Waals surface area (Å²) in [4.78, 5) is 13.0. The Balaban J connectivity index is 1.76. The van der Waals surface area contributed by atoms with Crippen molar-refractivity contribution in [2.75, 3.05) is 7.11 Å². The molecule has 8 heteroatoms. The lowest BCUT2D eigenvalue weighted by Crippen LogP contribution is -2.23. The lowest BCUT2D eigenvalue weighted by atomic mass is 10.2. The van der Waals surface area contributed by atoms with Crippen LogP contribution in [-0.2, 0) is 12.3 Å². The molecule has 0 fully saturated rings. The standard InChI is InChI=1S/C21H21FN4O2S/c1-3-4-11-25-19(27)15-7-5-6-8-17(15)26-20(25)23-24-21(26)29-13-14-9-10-18(28-2)16(22)12-14/h5-10,12H,3-4,11,13H2,1-2H3. The van der Waals surface area contributed by atoms with E-state index in [9.17, 15) is 9.18 Å². The molecule has 0 atom stereocenters. The van der Waals surface area contributed by atoms with E-state index in [4.69, 9.17) is 4.74 Å². The predicted octanol–water partition coefficient (Wildman–Crippen LogP) is 4.28. The molecular formula is C21H21FN4O2S. The van der Waals surface area contributed by atoms with Gasteiger partial charge in [0.2, 0.25) is 5.78 Å². The van der Waals surface area contributed by atoms with E-state index in [0.29, 0.717) is 28.6 Å². The number of thioether (sulfide) groups is 1. The van der Waals surface area contributed by atoms with Crippen LogP contribution in [-0.4, -0.2) is 26.3 Å². The molecule has 0 N–H and O–H groups in total. The predicted molar refractivity (Wildman–Crippen MR) is 112 cm³/mol. The summed E-state index contributed by atoms with van der Waals surface area (Å²) in [6.07, 6.45) is 1.86. The van der Waals surface area contributed by atoms with Gasteiger partial charge in [-0.05, 0) is 36.2 Å². The molecule has 4 rings (SSSR count). The van der Waals surface area contributed by atoms with Crippen LogP contribution < -0.4 is 10.3 Å². The number of nitrogens with zero attached hydrogens (tertiary/aromatic N) is 4. The van der Waals surface area contributed by atoms with Crippen LogP contribution in [0, 0.1) is 5.82 Å². The maximum atomic E-state index is 14.0. The third-order valence-electron chi connectivity index (χ3n) is 4.80. The highest BCUT2D eigenvalue weighted by atomic mass is 32.2. The summed E-state index contributed by atoms with van der Waals surface area (Å²) in [5.74, 6) is 0.878. The van der Waals surface area contributed by atoms with Crippen molar-refractivity contribution in [1.82, 2.24) is 19.2 Å². The average Bonchev–Trinajstić information content (AvgIpc) is 3.16. The SMILES string of the molecule is CCCCn1c(=O)c2ccccc2n2c(SCc3ccc(OC)c(F)c3)nnc12. The smallest absolute Gasteiger partial charge is 0.262 e. The number of unbranched alkanes of at least 4 members (excludes halogenated alkanes) is 1. The van der Waals surface area contributed by atoms with Crippen molar-refractivity contribution in [1.29, 1.82) is 0 Å². The number of fused-ring (bicyclic) bond motifs is 3. The molecule has 2 aromatic heterocycles. The van der Waals surface area contributed by atoms with E-state index in [0.717, 1.165) is 23.9 Å². The number of rotatable bonds is 7. The summed E-state index contributed by atoms with van der Waals surface area (Å²) < 4.78 is 22.6. The van der Waals surface area contributed by atoms with E-state index in [2.05, 4.69) is 17.1 Å². The number of ether oxygens (including phenoxy) is 1. The quantitative estimate of drug-likeness (QED) is 0.424. The zero-order chi connectivity index (χ0) is 20.4. The summed E-state index contributed by atoms with van der Waals surface area (Å²) in [7, 11) is 1.44. The lowest BCUT2D eigenvalue weighted by molar-refractivity contribution is 0.386. The molecule has 0 spiro atoms. The van der Waals surface area contributed by atoms with Crippen molar-refractivity contribution in [2.24, 2.45) is 0 Å². The second-order valence-electron chi connectivity index (χ2n) is 6.70. The molecule has 2 heterocycles. The Morgan fingerprint density at radius 1 is 1.17 bits per heavy atom. The minimum absolute atomic E-state index is 0.0530. The van der Waals surface area contributed by atoms with Gasteiger partial charge in [-0.15, -0.1) is 10.2 Å². The maximum absolute atomic E-state index is 14.0. The van der Waals surface area contributed by atoms with E-state index >= 15 is 0 Å². The van der Waals surface area contributed by atoms with E-state index in [-0.39, 0.29) is 11.3 Å². The Morgan fingerprint density at radius 2 is 2.00 bits per heavy atom. The molecule has 0 unspecified atom stereocenters. The average molecular weight is 412 g/mol. The van der Waals surface area contributed by atoms with E-state index in [1.165, 1.54) is 24.9 Å². The first kappa shape index (κ1) is 19.4. The molecule has 0 saturated heterocycles. The van der Waals surface area contributed by atoms with Crippen LogP contribution in [0.3, 0.4) is 0 Å². The molecule has 0 aliphatic carbocycles. The van der Waals surface area contributed by atoms with Gasteiger partial charge in [-0.1, -0.05) is 43.3 Å². The zero-order valence-corrected chi connectivity index (χ0v) is 17.1. The van der Waals surface area contributed by atoms with E-state index < -0.39 is 5.82 Å². The second kappa shape index (κ2) is 8.24. The molecule has 29 heavy (non-hydrogen) atoms. The Labute approximate surface area is 171 Å². The monoisotopic (exact) mass is 412 g/mol. The van der Waals surface area contributed by atoms with Crippen LogP contribution in [0.2, 0.25) is 0 Å². The molecule has 150 valence electrons. The number of methoxy groups -OCH3 is 1. The van der Waals surface area contributed by atoms with Crippen LogP contribution in [0.1, 0.15) is 25.3 Å². The van der Waals surface area contributed by atoms with Gasteiger partial charge in [-0.3, -0.25) is 13.8 Å². The largest absolute Gasteiger partial charge is 0.494 e. The molecule has 0 bridgehead atoms. The maximum Gasteiger partial charge on any atom is 0.262 e. The van der Waals surface area contributed by atoms with Gasteiger partial charge in [0, 0.05) is 12.3 Å². The Hall–Kier alpha value is -2.87. The van der Waals surface area contributed by atoms with Crippen molar-refractivity contribution in [3.63, 3.8) is 0 Å². The molecule has 2 aromatic carbocycles. The van der Waals surface area contributed by atoms with Crippen molar-refractivity contribution >= 4 is 28.4 Å². The van der Waals surface area contributed by atoms with Gasteiger partial charge in [-0.2, -0.15) is 0 Å². The second-order valence-corrected chi connectivity index (χ2v) is 7.65. The normalized spacial score (nSPS) is 11.4. The number of aromatic nitrogens is 4. The van der Waals surface area contributed by atoms with Gasteiger partial charge in [0.05, 0.1) is 18.0 Å². The number of benzene rings is 2. The highest BCUT2D eigenvalue weighted by Gasteiger charge is 2.16. The molecule has 6 nitrogen and oxygen atoms in total. The first-order valence-corrected chi connectivity index (χ1v) is 10.4. The number of aryl methyl sites for hydroxylation is 1. The molecule has 0 saturated carbocycles. The number of hydrogen-bond acceptors (Lipinski definition) is 5. The first-order valence-electron chi connectivity index (χ1n) is 9.46.